The van der Waals surface area contributed by atoms with E-state index in [1.54, 1.807) is 14.2 Å². The Balaban J connectivity index is 1.81. The molecule has 0 unspecified atom stereocenters. The molecule has 0 spiro atoms. The number of halogens is 1. The monoisotopic (exact) mass is 375 g/mol. The van der Waals surface area contributed by atoms with Gasteiger partial charge in [-0.3, -0.25) is 4.99 Å². The van der Waals surface area contributed by atoms with Crippen LogP contribution in [0, 0.1) is 0 Å². The van der Waals surface area contributed by atoms with Crippen molar-refractivity contribution < 1.29 is 9.47 Å². The zero-order chi connectivity index (χ0) is 18.6. The number of aliphatic imine (C=N–C) groups is 1. The minimum absolute atomic E-state index is 0.613. The number of hydrogen-bond donors (Lipinski definition) is 2. The minimum Gasteiger partial charge on any atom is -0.493 e. The van der Waals surface area contributed by atoms with Gasteiger partial charge in [0.2, 0.25) is 0 Å². The van der Waals surface area contributed by atoms with Gasteiger partial charge in [0.1, 0.15) is 5.75 Å². The first-order valence-corrected chi connectivity index (χ1v) is 8.99. The molecule has 0 aliphatic heterocycles. The van der Waals surface area contributed by atoms with Crippen molar-refractivity contribution >= 4 is 17.6 Å². The highest BCUT2D eigenvalue weighted by Gasteiger charge is 2.03. The highest BCUT2D eigenvalue weighted by Crippen LogP contribution is 2.15. The maximum atomic E-state index is 6.18. The van der Waals surface area contributed by atoms with E-state index in [1.807, 2.05) is 42.5 Å². The molecule has 140 valence electrons. The molecule has 2 N–H and O–H groups in total. The van der Waals surface area contributed by atoms with Gasteiger partial charge in [-0.25, -0.2) is 0 Å². The number of nitrogens with one attached hydrogen (secondary N) is 2. The second kappa shape index (κ2) is 11.4. The first-order chi connectivity index (χ1) is 12.7. The molecule has 0 saturated carbocycles. The number of guanidine groups is 1. The molecule has 0 heterocycles. The van der Waals surface area contributed by atoms with Crippen LogP contribution in [-0.4, -0.2) is 33.3 Å². The Kier molecular flexibility index (Phi) is 8.79. The zero-order valence-electron chi connectivity index (χ0n) is 15.3. The Morgan fingerprint density at radius 2 is 1.85 bits per heavy atom. The van der Waals surface area contributed by atoms with E-state index in [0.717, 1.165) is 34.3 Å². The SMILES string of the molecule is CN=C(NCc1cccc(OCCCOC)c1)NCc1ccccc1Cl. The summed E-state index contributed by atoms with van der Waals surface area (Å²) < 4.78 is 10.8. The summed E-state index contributed by atoms with van der Waals surface area (Å²) >= 11 is 6.18. The largest absolute Gasteiger partial charge is 0.493 e. The Hall–Kier alpha value is -2.24. The van der Waals surface area contributed by atoms with E-state index in [2.05, 4.69) is 21.7 Å². The molecule has 0 aliphatic rings. The van der Waals surface area contributed by atoms with Gasteiger partial charge < -0.3 is 20.1 Å². The predicted molar refractivity (Wildman–Crippen MR) is 107 cm³/mol. The second-order valence-corrected chi connectivity index (χ2v) is 6.12. The molecule has 5 nitrogen and oxygen atoms in total. The highest BCUT2D eigenvalue weighted by molar-refractivity contribution is 6.31. The summed E-state index contributed by atoms with van der Waals surface area (Å²) in [5.41, 5.74) is 2.15. The fourth-order valence-corrected chi connectivity index (χ4v) is 2.57. The van der Waals surface area contributed by atoms with Crippen LogP contribution in [0.5, 0.6) is 5.75 Å². The van der Waals surface area contributed by atoms with E-state index in [9.17, 15) is 0 Å². The van der Waals surface area contributed by atoms with Crippen LogP contribution in [-0.2, 0) is 17.8 Å². The van der Waals surface area contributed by atoms with E-state index < -0.39 is 0 Å². The fourth-order valence-electron chi connectivity index (χ4n) is 2.37. The number of ether oxygens (including phenoxy) is 2. The smallest absolute Gasteiger partial charge is 0.191 e. The van der Waals surface area contributed by atoms with Gasteiger partial charge in [0, 0.05) is 45.3 Å². The summed E-state index contributed by atoms with van der Waals surface area (Å²) in [7, 11) is 3.44. The summed E-state index contributed by atoms with van der Waals surface area (Å²) in [4.78, 5) is 4.25. The van der Waals surface area contributed by atoms with E-state index in [4.69, 9.17) is 21.1 Å². The molecule has 2 aromatic rings. The Bertz CT molecular complexity index is 707. The highest BCUT2D eigenvalue weighted by atomic mass is 35.5. The second-order valence-electron chi connectivity index (χ2n) is 5.71. The Morgan fingerprint density at radius 1 is 1.04 bits per heavy atom. The van der Waals surface area contributed by atoms with Crippen LogP contribution in [0.25, 0.3) is 0 Å². The molecule has 6 heteroatoms. The van der Waals surface area contributed by atoms with Crippen molar-refractivity contribution in [3.63, 3.8) is 0 Å². The average Bonchev–Trinajstić information content (AvgIpc) is 2.67. The molecule has 0 aliphatic carbocycles. The van der Waals surface area contributed by atoms with Crippen molar-refractivity contribution in [1.82, 2.24) is 10.6 Å². The molecule has 0 atom stereocenters. The summed E-state index contributed by atoms with van der Waals surface area (Å²) in [6.07, 6.45) is 0.873. The van der Waals surface area contributed by atoms with Gasteiger partial charge >= 0.3 is 0 Å². The first kappa shape index (κ1) is 20.1. The average molecular weight is 376 g/mol. The van der Waals surface area contributed by atoms with Crippen molar-refractivity contribution in [2.24, 2.45) is 4.99 Å². The molecule has 0 saturated heterocycles. The topological polar surface area (TPSA) is 54.9 Å². The number of hydrogen-bond acceptors (Lipinski definition) is 3. The van der Waals surface area contributed by atoms with Gasteiger partial charge in [-0.05, 0) is 29.3 Å². The maximum absolute atomic E-state index is 6.18. The van der Waals surface area contributed by atoms with Crippen molar-refractivity contribution in [1.29, 1.82) is 0 Å². The van der Waals surface area contributed by atoms with Crippen LogP contribution < -0.4 is 15.4 Å². The maximum Gasteiger partial charge on any atom is 0.191 e. The number of nitrogens with zero attached hydrogens (tertiary/aromatic N) is 1. The van der Waals surface area contributed by atoms with Crippen LogP contribution in [0.1, 0.15) is 17.5 Å². The molecule has 2 rings (SSSR count). The van der Waals surface area contributed by atoms with Crippen LogP contribution in [0.4, 0.5) is 0 Å². The lowest BCUT2D eigenvalue weighted by Crippen LogP contribution is -2.36. The fraction of sp³-hybridized carbons (Fsp3) is 0.350. The molecular weight excluding hydrogens is 350 g/mol. The molecule has 0 aromatic heterocycles. The third-order valence-electron chi connectivity index (χ3n) is 3.75. The van der Waals surface area contributed by atoms with Crippen LogP contribution in [0.3, 0.4) is 0 Å². The molecule has 0 amide bonds. The van der Waals surface area contributed by atoms with Gasteiger partial charge in [0.15, 0.2) is 5.96 Å². The third kappa shape index (κ3) is 6.94. The molecule has 0 fully saturated rings. The molecular formula is C20H26ClN3O2. The van der Waals surface area contributed by atoms with E-state index in [1.165, 1.54) is 0 Å². The lowest BCUT2D eigenvalue weighted by atomic mass is 10.2. The molecule has 0 bridgehead atoms. The normalized spacial score (nSPS) is 11.3. The first-order valence-electron chi connectivity index (χ1n) is 8.61. The van der Waals surface area contributed by atoms with Crippen LogP contribution >= 0.6 is 11.6 Å². The Labute approximate surface area is 160 Å². The summed E-state index contributed by atoms with van der Waals surface area (Å²) in [5.74, 6) is 1.58. The van der Waals surface area contributed by atoms with Gasteiger partial charge in [0.25, 0.3) is 0 Å². The van der Waals surface area contributed by atoms with E-state index >= 15 is 0 Å². The minimum atomic E-state index is 0.613. The van der Waals surface area contributed by atoms with Crippen molar-refractivity contribution in [3.8, 4) is 5.75 Å². The van der Waals surface area contributed by atoms with Gasteiger partial charge in [0.05, 0.1) is 6.61 Å². The van der Waals surface area contributed by atoms with Crippen molar-refractivity contribution in [3.05, 3.63) is 64.7 Å². The molecule has 2 aromatic carbocycles. The van der Waals surface area contributed by atoms with Gasteiger partial charge in [-0.2, -0.15) is 0 Å². The summed E-state index contributed by atoms with van der Waals surface area (Å²) in [5, 5.41) is 7.31. The van der Waals surface area contributed by atoms with Crippen molar-refractivity contribution in [2.45, 2.75) is 19.5 Å². The van der Waals surface area contributed by atoms with Gasteiger partial charge in [-0.15, -0.1) is 0 Å². The standard InChI is InChI=1S/C20H26ClN3O2/c1-22-20(24-15-17-8-3-4-10-19(17)21)23-14-16-7-5-9-18(13-16)26-12-6-11-25-2/h3-5,7-10,13H,6,11-12,14-15H2,1-2H3,(H2,22,23,24). The summed E-state index contributed by atoms with van der Waals surface area (Å²) in [6.45, 7) is 2.61. The number of benzene rings is 2. The molecule has 0 radical (unpaired) electrons. The zero-order valence-corrected chi connectivity index (χ0v) is 16.1. The third-order valence-corrected chi connectivity index (χ3v) is 4.12. The van der Waals surface area contributed by atoms with Gasteiger partial charge in [-0.1, -0.05) is 41.9 Å². The Morgan fingerprint density at radius 3 is 2.62 bits per heavy atom. The van der Waals surface area contributed by atoms with Crippen LogP contribution in [0.15, 0.2) is 53.5 Å². The molecule has 26 heavy (non-hydrogen) atoms. The van der Waals surface area contributed by atoms with Crippen molar-refractivity contribution in [2.75, 3.05) is 27.4 Å². The number of methoxy groups -OCH3 is 1. The lowest BCUT2D eigenvalue weighted by Gasteiger charge is -2.13. The van der Waals surface area contributed by atoms with E-state index in [0.29, 0.717) is 26.3 Å². The number of rotatable bonds is 9. The predicted octanol–water partition coefficient (Wildman–Crippen LogP) is 3.62. The quantitative estimate of drug-likeness (QED) is 0.399. The van der Waals surface area contributed by atoms with E-state index in [-0.39, 0.29) is 0 Å². The lowest BCUT2D eigenvalue weighted by molar-refractivity contribution is 0.172. The summed E-state index contributed by atoms with van der Waals surface area (Å²) in [6, 6.07) is 15.8. The van der Waals surface area contributed by atoms with Crippen LogP contribution in [0.2, 0.25) is 5.02 Å².